The Balaban J connectivity index is 1.73. The van der Waals surface area contributed by atoms with Gasteiger partial charge in [0.2, 0.25) is 0 Å². The number of fused-ring (bicyclic) bond motifs is 1. The molecule has 0 spiro atoms. The number of anilines is 2. The summed E-state index contributed by atoms with van der Waals surface area (Å²) in [6.07, 6.45) is 6.74. The quantitative estimate of drug-likeness (QED) is 0.706. The normalized spacial score (nSPS) is 17.7. The minimum absolute atomic E-state index is 0.0160. The molecule has 3 heterocycles. The highest BCUT2D eigenvalue weighted by Crippen LogP contribution is 2.37. The number of H-pyrrole nitrogens is 1. The Morgan fingerprint density at radius 2 is 2.44 bits per heavy atom. The number of amides is 1. The minimum atomic E-state index is -0.354. The fraction of sp³-hybridized carbons (Fsp3) is 0.529. The molecule has 1 saturated heterocycles. The Morgan fingerprint density at radius 1 is 1.60 bits per heavy atom. The molecule has 136 valence electrons. The predicted molar refractivity (Wildman–Crippen MR) is 100 cm³/mol. The Hall–Kier alpha value is -2.15. The maximum Gasteiger partial charge on any atom is 0.407 e. The third-order valence-electron chi connectivity index (χ3n) is 4.45. The first-order valence-electron chi connectivity index (χ1n) is 8.69. The maximum atomic E-state index is 11.9. The van der Waals surface area contributed by atoms with Gasteiger partial charge in [-0.3, -0.25) is 0 Å². The number of pyridine rings is 1. The van der Waals surface area contributed by atoms with Crippen molar-refractivity contribution in [1.82, 2.24) is 15.3 Å². The van der Waals surface area contributed by atoms with E-state index >= 15 is 0 Å². The van der Waals surface area contributed by atoms with Gasteiger partial charge in [-0.25, -0.2) is 9.78 Å². The zero-order chi connectivity index (χ0) is 17.8. The number of ether oxygens (including phenoxy) is 1. The topological polar surface area (TPSA) is 96.3 Å². The molecule has 0 aromatic carbocycles. The molecule has 1 aliphatic rings. The van der Waals surface area contributed by atoms with Crippen LogP contribution in [0, 0.1) is 0 Å². The second-order valence-corrected chi connectivity index (χ2v) is 6.75. The first kappa shape index (κ1) is 17.7. The Morgan fingerprint density at radius 3 is 3.24 bits per heavy atom. The van der Waals surface area contributed by atoms with Gasteiger partial charge >= 0.3 is 6.09 Å². The van der Waals surface area contributed by atoms with E-state index in [1.165, 1.54) is 0 Å². The highest BCUT2D eigenvalue weighted by atomic mass is 35.5. The molecule has 1 aliphatic heterocycles. The molecular weight excluding hydrogens is 342 g/mol. The number of nitrogens with two attached hydrogens (primary N) is 1. The summed E-state index contributed by atoms with van der Waals surface area (Å²) in [5.74, 6) is 0. The molecule has 8 heteroatoms. The van der Waals surface area contributed by atoms with Gasteiger partial charge in [-0.15, -0.1) is 0 Å². The number of aromatic nitrogens is 2. The van der Waals surface area contributed by atoms with Crippen LogP contribution in [0.1, 0.15) is 32.6 Å². The molecule has 0 aliphatic carbocycles. The van der Waals surface area contributed by atoms with Crippen LogP contribution in [0.2, 0.25) is 5.02 Å². The lowest BCUT2D eigenvalue weighted by Crippen LogP contribution is -2.48. The standard InChI is InChI=1S/C17H24ClN5O2/c1-2-3-7-25-17(24)22-11-5-4-6-23(10-11)15-12(18)8-20-16-14(15)13(19)9-21-16/h8-9,11H,2-7,10,19H2,1H3,(H,20,21)(H,22,24). The molecular formula is C17H24ClN5O2. The molecule has 0 radical (unpaired) electrons. The molecule has 1 amide bonds. The van der Waals surface area contributed by atoms with E-state index in [1.807, 2.05) is 0 Å². The zero-order valence-electron chi connectivity index (χ0n) is 14.3. The van der Waals surface area contributed by atoms with Crippen molar-refractivity contribution in [2.24, 2.45) is 0 Å². The zero-order valence-corrected chi connectivity index (χ0v) is 15.1. The van der Waals surface area contributed by atoms with Crippen molar-refractivity contribution in [3.63, 3.8) is 0 Å². The van der Waals surface area contributed by atoms with Crippen LogP contribution in [0.25, 0.3) is 11.0 Å². The summed E-state index contributed by atoms with van der Waals surface area (Å²) in [6, 6.07) is 0.0160. The number of nitrogens with one attached hydrogen (secondary N) is 2. The number of halogens is 1. The van der Waals surface area contributed by atoms with Gasteiger partial charge in [0.25, 0.3) is 0 Å². The fourth-order valence-electron chi connectivity index (χ4n) is 3.20. The predicted octanol–water partition coefficient (Wildman–Crippen LogP) is 3.29. The van der Waals surface area contributed by atoms with Gasteiger partial charge < -0.3 is 25.7 Å². The summed E-state index contributed by atoms with van der Waals surface area (Å²) in [5.41, 5.74) is 8.29. The van der Waals surface area contributed by atoms with Gasteiger partial charge in [-0.2, -0.15) is 0 Å². The van der Waals surface area contributed by atoms with E-state index < -0.39 is 0 Å². The molecule has 1 atom stereocenters. The van der Waals surface area contributed by atoms with Crippen molar-refractivity contribution < 1.29 is 9.53 Å². The molecule has 1 fully saturated rings. The first-order chi connectivity index (χ1) is 12.1. The summed E-state index contributed by atoms with van der Waals surface area (Å²) in [4.78, 5) is 21.4. The summed E-state index contributed by atoms with van der Waals surface area (Å²) in [7, 11) is 0. The molecule has 3 rings (SSSR count). The molecule has 25 heavy (non-hydrogen) atoms. The maximum absolute atomic E-state index is 11.9. The molecule has 1 unspecified atom stereocenters. The number of aromatic amines is 1. The lowest BCUT2D eigenvalue weighted by molar-refractivity contribution is 0.139. The van der Waals surface area contributed by atoms with Crippen LogP contribution in [-0.4, -0.2) is 41.8 Å². The second kappa shape index (κ2) is 7.82. The average molecular weight is 366 g/mol. The largest absolute Gasteiger partial charge is 0.450 e. The van der Waals surface area contributed by atoms with E-state index in [-0.39, 0.29) is 12.1 Å². The van der Waals surface area contributed by atoms with Gasteiger partial charge in [0.1, 0.15) is 5.65 Å². The number of carbonyl (C=O) groups excluding carboxylic acids is 1. The van der Waals surface area contributed by atoms with Crippen LogP contribution in [-0.2, 0) is 4.74 Å². The second-order valence-electron chi connectivity index (χ2n) is 6.34. The van der Waals surface area contributed by atoms with Crippen LogP contribution in [0.15, 0.2) is 12.4 Å². The van der Waals surface area contributed by atoms with Crippen LogP contribution >= 0.6 is 11.6 Å². The van der Waals surface area contributed by atoms with Crippen molar-refractivity contribution in [3.8, 4) is 0 Å². The summed E-state index contributed by atoms with van der Waals surface area (Å²) < 4.78 is 5.20. The molecule has 2 aromatic rings. The Bertz CT molecular complexity index is 748. The van der Waals surface area contributed by atoms with Gasteiger partial charge in [0, 0.05) is 25.3 Å². The van der Waals surface area contributed by atoms with Crippen LogP contribution in [0.4, 0.5) is 16.2 Å². The number of nitrogens with zero attached hydrogens (tertiary/aromatic N) is 2. The minimum Gasteiger partial charge on any atom is -0.450 e. The van der Waals surface area contributed by atoms with Crippen molar-refractivity contribution in [1.29, 1.82) is 0 Å². The average Bonchev–Trinajstić information content (AvgIpc) is 2.96. The van der Waals surface area contributed by atoms with E-state index in [9.17, 15) is 4.79 Å². The van der Waals surface area contributed by atoms with Crippen molar-refractivity contribution in [2.45, 2.75) is 38.6 Å². The van der Waals surface area contributed by atoms with E-state index in [1.54, 1.807) is 12.4 Å². The first-order valence-corrected chi connectivity index (χ1v) is 9.07. The van der Waals surface area contributed by atoms with E-state index in [4.69, 9.17) is 22.1 Å². The molecule has 0 bridgehead atoms. The van der Waals surface area contributed by atoms with Crippen molar-refractivity contribution >= 4 is 40.1 Å². The van der Waals surface area contributed by atoms with Crippen LogP contribution in [0.5, 0.6) is 0 Å². The molecule has 7 nitrogen and oxygen atoms in total. The van der Waals surface area contributed by atoms with Gasteiger partial charge in [-0.1, -0.05) is 24.9 Å². The number of unbranched alkanes of at least 4 members (excludes halogenated alkanes) is 1. The SMILES string of the molecule is CCCCOC(=O)NC1CCCN(c2c(Cl)cnc3[nH]cc(N)c23)C1. The number of carbonyl (C=O) groups is 1. The van der Waals surface area contributed by atoms with Crippen molar-refractivity contribution in [3.05, 3.63) is 17.4 Å². The fourth-order valence-corrected chi connectivity index (χ4v) is 3.47. The van der Waals surface area contributed by atoms with E-state index in [0.717, 1.165) is 43.3 Å². The number of hydrogen-bond acceptors (Lipinski definition) is 5. The number of rotatable bonds is 5. The highest BCUT2D eigenvalue weighted by Gasteiger charge is 2.26. The Kier molecular flexibility index (Phi) is 5.53. The number of alkyl carbamates (subject to hydrolysis) is 1. The summed E-state index contributed by atoms with van der Waals surface area (Å²) >= 11 is 6.42. The van der Waals surface area contributed by atoms with Gasteiger partial charge in [0.15, 0.2) is 0 Å². The molecule has 2 aromatic heterocycles. The lowest BCUT2D eigenvalue weighted by atomic mass is 10.0. The van der Waals surface area contributed by atoms with Crippen molar-refractivity contribution in [2.75, 3.05) is 30.3 Å². The smallest absolute Gasteiger partial charge is 0.407 e. The van der Waals surface area contributed by atoms with Crippen LogP contribution < -0.4 is 16.0 Å². The molecule has 4 N–H and O–H groups in total. The lowest BCUT2D eigenvalue weighted by Gasteiger charge is -2.35. The van der Waals surface area contributed by atoms with Gasteiger partial charge in [0.05, 0.1) is 34.6 Å². The number of piperidine rings is 1. The van der Waals surface area contributed by atoms with Crippen LogP contribution in [0.3, 0.4) is 0 Å². The summed E-state index contributed by atoms with van der Waals surface area (Å²) in [5, 5.41) is 4.35. The third-order valence-corrected chi connectivity index (χ3v) is 4.73. The number of hydrogen-bond donors (Lipinski definition) is 3. The highest BCUT2D eigenvalue weighted by molar-refractivity contribution is 6.35. The summed E-state index contributed by atoms with van der Waals surface area (Å²) in [6.45, 7) is 4.03. The van der Waals surface area contributed by atoms with E-state index in [2.05, 4.69) is 27.1 Å². The van der Waals surface area contributed by atoms with Gasteiger partial charge in [-0.05, 0) is 19.3 Å². The Labute approximate surface area is 151 Å². The monoisotopic (exact) mass is 365 g/mol. The molecule has 0 saturated carbocycles. The number of nitrogen functional groups attached to an aromatic ring is 1. The third kappa shape index (κ3) is 3.92. The van der Waals surface area contributed by atoms with E-state index in [0.29, 0.717) is 29.5 Å².